The molecule has 1 aliphatic carbocycles. The van der Waals surface area contributed by atoms with Crippen molar-refractivity contribution >= 4 is 34.8 Å². The SMILES string of the molecule is O=C(Nc1ccc(C(=O)N2C[C@@H]3C4CCC(C4)N3Cc3cc(Cl)ccc32)cc1)c1ccccc1-c1ccc(F)cc1. The van der Waals surface area contributed by atoms with Crippen LogP contribution in [0.3, 0.4) is 0 Å². The maximum Gasteiger partial charge on any atom is 0.258 e. The Labute approximate surface area is 243 Å². The van der Waals surface area contributed by atoms with Gasteiger partial charge in [-0.15, -0.1) is 0 Å². The summed E-state index contributed by atoms with van der Waals surface area (Å²) in [6.07, 6.45) is 3.66. The molecule has 1 N–H and O–H groups in total. The van der Waals surface area contributed by atoms with Gasteiger partial charge in [0.2, 0.25) is 0 Å². The molecular weight excluding hydrogens is 537 g/mol. The summed E-state index contributed by atoms with van der Waals surface area (Å²) in [6.45, 7) is 1.48. The molecule has 0 aromatic heterocycles. The van der Waals surface area contributed by atoms with Crippen LogP contribution in [-0.2, 0) is 6.54 Å². The van der Waals surface area contributed by atoms with Crippen molar-refractivity contribution in [1.82, 2.24) is 4.90 Å². The molecule has 3 aliphatic rings. The van der Waals surface area contributed by atoms with Crippen LogP contribution in [0.15, 0.2) is 91.0 Å². The van der Waals surface area contributed by atoms with Gasteiger partial charge in [-0.3, -0.25) is 14.5 Å². The topological polar surface area (TPSA) is 52.7 Å². The van der Waals surface area contributed by atoms with Crippen LogP contribution in [0.4, 0.5) is 15.8 Å². The highest BCUT2D eigenvalue weighted by Crippen LogP contribution is 2.46. The quantitative estimate of drug-likeness (QED) is 0.280. The maximum absolute atomic E-state index is 13.9. The van der Waals surface area contributed by atoms with Crippen molar-refractivity contribution in [1.29, 1.82) is 0 Å². The molecule has 4 aromatic carbocycles. The fraction of sp³-hybridized carbons (Fsp3) is 0.235. The number of anilines is 2. The number of nitrogens with zero attached hydrogens (tertiary/aromatic N) is 2. The van der Waals surface area contributed by atoms with E-state index < -0.39 is 0 Å². The van der Waals surface area contributed by atoms with Crippen LogP contribution < -0.4 is 10.2 Å². The highest BCUT2D eigenvalue weighted by Gasteiger charge is 2.48. The molecule has 1 saturated heterocycles. The molecule has 7 heteroatoms. The molecule has 2 heterocycles. The van der Waals surface area contributed by atoms with Gasteiger partial charge in [0, 0.05) is 52.7 Å². The molecule has 3 atom stereocenters. The number of hydrogen-bond acceptors (Lipinski definition) is 3. The molecule has 2 bridgehead atoms. The largest absolute Gasteiger partial charge is 0.322 e. The van der Waals surface area contributed by atoms with Crippen molar-refractivity contribution in [2.24, 2.45) is 5.92 Å². The van der Waals surface area contributed by atoms with Crippen molar-refractivity contribution < 1.29 is 14.0 Å². The van der Waals surface area contributed by atoms with Gasteiger partial charge >= 0.3 is 0 Å². The lowest BCUT2D eigenvalue weighted by Gasteiger charge is -2.35. The van der Waals surface area contributed by atoms with E-state index in [1.807, 2.05) is 35.2 Å². The van der Waals surface area contributed by atoms with Crippen LogP contribution in [0.2, 0.25) is 5.02 Å². The third-order valence-corrected chi connectivity index (χ3v) is 9.14. The second-order valence-electron chi connectivity index (χ2n) is 11.2. The second kappa shape index (κ2) is 10.4. The number of amides is 2. The van der Waals surface area contributed by atoms with Crippen molar-refractivity contribution in [3.8, 4) is 11.1 Å². The van der Waals surface area contributed by atoms with Gasteiger partial charge in [0.15, 0.2) is 0 Å². The number of carbonyl (C=O) groups is 2. The fourth-order valence-corrected chi connectivity index (χ4v) is 7.11. The number of nitrogens with one attached hydrogen (secondary N) is 1. The summed E-state index contributed by atoms with van der Waals surface area (Å²) in [5, 5.41) is 3.63. The number of hydrogen-bond donors (Lipinski definition) is 1. The zero-order chi connectivity index (χ0) is 28.1. The zero-order valence-corrected chi connectivity index (χ0v) is 23.2. The van der Waals surface area contributed by atoms with Crippen LogP contribution in [-0.4, -0.2) is 35.3 Å². The first-order valence-corrected chi connectivity index (χ1v) is 14.4. The van der Waals surface area contributed by atoms with Crippen LogP contribution >= 0.6 is 11.6 Å². The van der Waals surface area contributed by atoms with E-state index in [9.17, 15) is 14.0 Å². The van der Waals surface area contributed by atoms with E-state index in [1.165, 1.54) is 31.4 Å². The average molecular weight is 566 g/mol. The standard InChI is InChI=1S/C34H29ClFN3O2/c35-25-10-16-31-24(17-25)19-38-28-15-9-23(18-28)32(38)20-39(31)34(41)22-7-13-27(14-8-22)37-33(40)30-4-2-1-3-29(30)21-5-11-26(36)12-6-21/h1-8,10-14,16-17,23,28,32H,9,15,18-20H2,(H,37,40)/t23?,28?,32-/m1/s1. The van der Waals surface area contributed by atoms with Crippen LogP contribution in [0.5, 0.6) is 0 Å². The molecule has 206 valence electrons. The summed E-state index contributed by atoms with van der Waals surface area (Å²) in [7, 11) is 0. The lowest BCUT2D eigenvalue weighted by molar-refractivity contribution is 0.0961. The van der Waals surface area contributed by atoms with E-state index >= 15 is 0 Å². The fourth-order valence-electron chi connectivity index (χ4n) is 6.92. The number of carbonyl (C=O) groups excluding carboxylic acids is 2. The van der Waals surface area contributed by atoms with Gasteiger partial charge in [-0.2, -0.15) is 0 Å². The highest BCUT2D eigenvalue weighted by molar-refractivity contribution is 6.30. The number of halogens is 2. The molecule has 0 spiro atoms. The molecule has 41 heavy (non-hydrogen) atoms. The van der Waals surface area contributed by atoms with E-state index in [1.54, 1.807) is 48.5 Å². The first-order valence-electron chi connectivity index (χ1n) is 14.1. The average Bonchev–Trinajstić information content (AvgIpc) is 3.54. The van der Waals surface area contributed by atoms with E-state index in [4.69, 9.17) is 11.6 Å². The smallest absolute Gasteiger partial charge is 0.258 e. The lowest BCUT2D eigenvalue weighted by atomic mass is 9.98. The van der Waals surface area contributed by atoms with Gasteiger partial charge in [-0.1, -0.05) is 41.9 Å². The number of rotatable bonds is 4. The van der Waals surface area contributed by atoms with Crippen LogP contribution in [0, 0.1) is 11.7 Å². The van der Waals surface area contributed by atoms with Crippen LogP contribution in [0.1, 0.15) is 45.5 Å². The Balaban J connectivity index is 1.12. The summed E-state index contributed by atoms with van der Waals surface area (Å²) in [5.74, 6) is -0.0440. The third kappa shape index (κ3) is 4.81. The Hall–Kier alpha value is -4.00. The summed E-state index contributed by atoms with van der Waals surface area (Å²) in [5.41, 5.74) is 5.11. The first-order chi connectivity index (χ1) is 19.9. The third-order valence-electron chi connectivity index (χ3n) is 8.90. The predicted molar refractivity (Wildman–Crippen MR) is 160 cm³/mol. The van der Waals surface area contributed by atoms with Crippen molar-refractivity contribution in [2.45, 2.75) is 37.9 Å². The van der Waals surface area contributed by atoms with Crippen molar-refractivity contribution in [3.63, 3.8) is 0 Å². The Kier molecular flexibility index (Phi) is 6.60. The molecule has 7 rings (SSSR count). The van der Waals surface area contributed by atoms with Gasteiger partial charge in [-0.05, 0) is 103 Å². The van der Waals surface area contributed by atoms with Gasteiger partial charge in [0.1, 0.15) is 5.82 Å². The molecular formula is C34H29ClFN3O2. The number of piperidine rings is 1. The minimum Gasteiger partial charge on any atom is -0.322 e. The Morgan fingerprint density at radius 1 is 0.902 bits per heavy atom. The maximum atomic E-state index is 13.9. The molecule has 1 saturated carbocycles. The van der Waals surface area contributed by atoms with Crippen molar-refractivity contribution in [3.05, 3.63) is 119 Å². The lowest BCUT2D eigenvalue weighted by Crippen LogP contribution is -2.46. The van der Waals surface area contributed by atoms with E-state index in [-0.39, 0.29) is 17.6 Å². The summed E-state index contributed by atoms with van der Waals surface area (Å²) in [6, 6.07) is 27.1. The molecule has 2 amide bonds. The van der Waals surface area contributed by atoms with E-state index in [0.717, 1.165) is 23.4 Å². The van der Waals surface area contributed by atoms with Gasteiger partial charge in [0.25, 0.3) is 11.8 Å². The summed E-state index contributed by atoms with van der Waals surface area (Å²) >= 11 is 6.38. The molecule has 5 nitrogen and oxygen atoms in total. The van der Waals surface area contributed by atoms with E-state index in [0.29, 0.717) is 51.9 Å². The van der Waals surface area contributed by atoms with Gasteiger partial charge < -0.3 is 10.2 Å². The minimum absolute atomic E-state index is 0.0577. The number of fused-ring (bicyclic) bond motifs is 6. The Bertz CT molecular complexity index is 1640. The summed E-state index contributed by atoms with van der Waals surface area (Å²) in [4.78, 5) is 31.7. The second-order valence-corrected chi connectivity index (χ2v) is 11.7. The van der Waals surface area contributed by atoms with Gasteiger partial charge in [0.05, 0.1) is 0 Å². The molecule has 2 fully saturated rings. The molecule has 2 aliphatic heterocycles. The Morgan fingerprint density at radius 2 is 1.68 bits per heavy atom. The Morgan fingerprint density at radius 3 is 2.49 bits per heavy atom. The minimum atomic E-state index is -0.328. The first kappa shape index (κ1) is 25.9. The number of benzene rings is 4. The predicted octanol–water partition coefficient (Wildman–Crippen LogP) is 7.41. The van der Waals surface area contributed by atoms with Crippen molar-refractivity contribution in [2.75, 3.05) is 16.8 Å². The molecule has 4 aromatic rings. The monoisotopic (exact) mass is 565 g/mol. The van der Waals surface area contributed by atoms with Gasteiger partial charge in [-0.25, -0.2) is 4.39 Å². The molecule has 2 unspecified atom stereocenters. The summed E-state index contributed by atoms with van der Waals surface area (Å²) < 4.78 is 13.4. The normalized spacial score (nSPS) is 21.2. The zero-order valence-electron chi connectivity index (χ0n) is 22.4. The molecule has 0 radical (unpaired) electrons. The van der Waals surface area contributed by atoms with E-state index in [2.05, 4.69) is 10.2 Å². The van der Waals surface area contributed by atoms with Crippen LogP contribution in [0.25, 0.3) is 11.1 Å². The highest BCUT2D eigenvalue weighted by atomic mass is 35.5.